The Morgan fingerprint density at radius 1 is 1.41 bits per heavy atom. The van der Waals surface area contributed by atoms with Crippen LogP contribution in [0.5, 0.6) is 0 Å². The van der Waals surface area contributed by atoms with E-state index in [4.69, 9.17) is 4.74 Å². The summed E-state index contributed by atoms with van der Waals surface area (Å²) in [5.74, 6) is -1.000. The second-order valence-electron chi connectivity index (χ2n) is 8.36. The zero-order valence-corrected chi connectivity index (χ0v) is 16.5. The van der Waals surface area contributed by atoms with Crippen molar-refractivity contribution in [2.75, 3.05) is 13.6 Å². The molecule has 7 nitrogen and oxygen atoms in total. The zero-order valence-electron chi connectivity index (χ0n) is 16.5. The standard InChI is InChI=1S/C22H24N4O3/c1-14-4-3-5-15(10-14)11-26-13-22-8-6-17(29-22)18(19(22)21(26)28)20(27)25(2)12-16-7-9-23-24-16/h3-10,17-19H,11-13H2,1-2H3,(H,23,24)/t17-,18?,19?,22-/m0/s1. The lowest BCUT2D eigenvalue weighted by Gasteiger charge is -2.27. The molecule has 0 radical (unpaired) electrons. The zero-order chi connectivity index (χ0) is 20.2. The van der Waals surface area contributed by atoms with E-state index in [1.807, 2.05) is 48.2 Å². The molecule has 1 N–H and O–H groups in total. The van der Waals surface area contributed by atoms with Gasteiger partial charge in [0.05, 0.1) is 36.7 Å². The van der Waals surface area contributed by atoms with Gasteiger partial charge in [-0.2, -0.15) is 5.10 Å². The summed E-state index contributed by atoms with van der Waals surface area (Å²) in [6.45, 7) is 3.49. The highest BCUT2D eigenvalue weighted by molar-refractivity contribution is 5.93. The third-order valence-corrected chi connectivity index (χ3v) is 6.26. The van der Waals surface area contributed by atoms with Crippen LogP contribution in [0.25, 0.3) is 0 Å². The number of likely N-dealkylation sites (tertiary alicyclic amines) is 1. The molecule has 2 fully saturated rings. The molecule has 0 saturated carbocycles. The first-order valence-corrected chi connectivity index (χ1v) is 9.92. The summed E-state index contributed by atoms with van der Waals surface area (Å²) >= 11 is 0. The van der Waals surface area contributed by atoms with Crippen LogP contribution >= 0.6 is 0 Å². The van der Waals surface area contributed by atoms with Gasteiger partial charge in [-0.25, -0.2) is 0 Å². The number of nitrogens with zero attached hydrogens (tertiary/aromatic N) is 3. The Labute approximate surface area is 169 Å². The molecule has 2 saturated heterocycles. The number of amides is 2. The van der Waals surface area contributed by atoms with E-state index in [2.05, 4.69) is 16.3 Å². The Balaban J connectivity index is 1.37. The van der Waals surface area contributed by atoms with Crippen molar-refractivity contribution in [3.63, 3.8) is 0 Å². The number of carbonyl (C=O) groups is 2. The van der Waals surface area contributed by atoms with E-state index in [1.54, 1.807) is 18.1 Å². The molecule has 150 valence electrons. The van der Waals surface area contributed by atoms with Gasteiger partial charge in [-0.15, -0.1) is 0 Å². The van der Waals surface area contributed by atoms with Crippen LogP contribution in [0.15, 0.2) is 48.7 Å². The minimum Gasteiger partial charge on any atom is -0.360 e. The molecule has 1 aromatic heterocycles. The van der Waals surface area contributed by atoms with E-state index in [0.29, 0.717) is 19.6 Å². The highest BCUT2D eigenvalue weighted by Gasteiger charge is 2.67. The fourth-order valence-corrected chi connectivity index (χ4v) is 4.99. The molecule has 2 aromatic rings. The maximum atomic E-state index is 13.3. The van der Waals surface area contributed by atoms with Crippen molar-refractivity contribution in [2.24, 2.45) is 11.8 Å². The Kier molecular flexibility index (Phi) is 4.10. The summed E-state index contributed by atoms with van der Waals surface area (Å²) in [6, 6.07) is 10.0. The van der Waals surface area contributed by atoms with E-state index < -0.39 is 17.4 Å². The quantitative estimate of drug-likeness (QED) is 0.785. The Hall–Kier alpha value is -2.93. The summed E-state index contributed by atoms with van der Waals surface area (Å²) < 4.78 is 6.22. The molecule has 3 aliphatic rings. The first kappa shape index (κ1) is 18.1. The van der Waals surface area contributed by atoms with Crippen LogP contribution in [0.2, 0.25) is 0 Å². The maximum absolute atomic E-state index is 13.3. The van der Waals surface area contributed by atoms with Gasteiger partial charge in [-0.1, -0.05) is 42.0 Å². The van der Waals surface area contributed by atoms with Gasteiger partial charge in [-0.3, -0.25) is 14.7 Å². The third kappa shape index (κ3) is 2.88. The summed E-state index contributed by atoms with van der Waals surface area (Å²) in [5, 5.41) is 6.81. The minimum atomic E-state index is -0.680. The number of nitrogens with one attached hydrogen (secondary N) is 1. The van der Waals surface area contributed by atoms with Crippen molar-refractivity contribution in [1.82, 2.24) is 20.0 Å². The molecule has 1 aromatic carbocycles. The molecule has 1 spiro atoms. The Morgan fingerprint density at radius 3 is 3.03 bits per heavy atom. The van der Waals surface area contributed by atoms with E-state index in [9.17, 15) is 9.59 Å². The summed E-state index contributed by atoms with van der Waals surface area (Å²) in [4.78, 5) is 30.1. The lowest BCUT2D eigenvalue weighted by molar-refractivity contribution is -0.142. The van der Waals surface area contributed by atoms with Crippen molar-refractivity contribution >= 4 is 11.8 Å². The SMILES string of the molecule is Cc1cccc(CN2C[C@]34C=C[C@H](O3)C(C(=O)N(C)Cc3ccn[nH]3)C4C2=O)c1. The van der Waals surface area contributed by atoms with Gasteiger partial charge >= 0.3 is 0 Å². The molecule has 4 heterocycles. The second-order valence-corrected chi connectivity index (χ2v) is 8.36. The van der Waals surface area contributed by atoms with Crippen LogP contribution in [0.4, 0.5) is 0 Å². The molecule has 5 rings (SSSR count). The largest absolute Gasteiger partial charge is 0.360 e. The highest BCUT2D eigenvalue weighted by atomic mass is 16.5. The molecule has 2 amide bonds. The van der Waals surface area contributed by atoms with Crippen LogP contribution in [-0.2, 0) is 27.4 Å². The van der Waals surface area contributed by atoms with Gasteiger partial charge in [-0.05, 0) is 18.6 Å². The van der Waals surface area contributed by atoms with Crippen LogP contribution in [0, 0.1) is 18.8 Å². The number of aryl methyl sites for hydroxylation is 1. The fraction of sp³-hybridized carbons (Fsp3) is 0.409. The number of fused-ring (bicyclic) bond motifs is 1. The fourth-order valence-electron chi connectivity index (χ4n) is 4.99. The Bertz CT molecular complexity index is 986. The van der Waals surface area contributed by atoms with E-state index in [0.717, 1.165) is 16.8 Å². The van der Waals surface area contributed by atoms with Gasteiger partial charge < -0.3 is 14.5 Å². The summed E-state index contributed by atoms with van der Waals surface area (Å²) in [5.41, 5.74) is 2.43. The van der Waals surface area contributed by atoms with Crippen LogP contribution in [0.1, 0.15) is 16.8 Å². The lowest BCUT2D eigenvalue weighted by Crippen LogP contribution is -2.44. The van der Waals surface area contributed by atoms with Crippen molar-refractivity contribution in [1.29, 1.82) is 0 Å². The molecule has 0 aliphatic carbocycles. The van der Waals surface area contributed by atoms with Gasteiger partial charge in [0, 0.05) is 19.8 Å². The summed E-state index contributed by atoms with van der Waals surface area (Å²) in [7, 11) is 1.76. The molecule has 4 atom stereocenters. The number of aromatic nitrogens is 2. The lowest BCUT2D eigenvalue weighted by atomic mass is 9.76. The van der Waals surface area contributed by atoms with Crippen molar-refractivity contribution < 1.29 is 14.3 Å². The number of ether oxygens (including phenoxy) is 1. The first-order chi connectivity index (χ1) is 14.0. The normalized spacial score (nSPS) is 29.5. The smallest absolute Gasteiger partial charge is 0.230 e. The molecule has 2 unspecified atom stereocenters. The molecule has 3 aliphatic heterocycles. The van der Waals surface area contributed by atoms with Crippen LogP contribution in [0.3, 0.4) is 0 Å². The molecular weight excluding hydrogens is 368 g/mol. The topological polar surface area (TPSA) is 78.5 Å². The predicted molar refractivity (Wildman–Crippen MR) is 105 cm³/mol. The second kappa shape index (κ2) is 6.56. The van der Waals surface area contributed by atoms with Gasteiger partial charge in [0.1, 0.15) is 5.60 Å². The molecule has 29 heavy (non-hydrogen) atoms. The predicted octanol–water partition coefficient (Wildman–Crippen LogP) is 1.66. The van der Waals surface area contributed by atoms with Crippen molar-refractivity contribution in [3.05, 3.63) is 65.5 Å². The Morgan fingerprint density at radius 2 is 2.28 bits per heavy atom. The summed E-state index contributed by atoms with van der Waals surface area (Å²) in [6.07, 6.45) is 5.28. The number of hydrogen-bond donors (Lipinski definition) is 1. The van der Waals surface area contributed by atoms with Crippen LogP contribution in [-0.4, -0.2) is 57.1 Å². The third-order valence-electron chi connectivity index (χ3n) is 6.26. The number of H-pyrrole nitrogens is 1. The number of benzene rings is 1. The minimum absolute atomic E-state index is 0.00615. The molecule has 7 heteroatoms. The molecule has 2 bridgehead atoms. The molecular formula is C22H24N4O3. The number of aromatic amines is 1. The average molecular weight is 392 g/mol. The van der Waals surface area contributed by atoms with Crippen LogP contribution < -0.4 is 0 Å². The van der Waals surface area contributed by atoms with Gasteiger partial charge in [0.15, 0.2) is 0 Å². The van der Waals surface area contributed by atoms with E-state index >= 15 is 0 Å². The number of carbonyl (C=O) groups excluding carboxylic acids is 2. The van der Waals surface area contributed by atoms with E-state index in [-0.39, 0.29) is 17.9 Å². The van der Waals surface area contributed by atoms with Gasteiger partial charge in [0.25, 0.3) is 0 Å². The average Bonchev–Trinajstić information content (AvgIpc) is 3.45. The van der Waals surface area contributed by atoms with Crippen molar-refractivity contribution in [3.8, 4) is 0 Å². The number of hydrogen-bond acceptors (Lipinski definition) is 4. The number of rotatable bonds is 5. The van der Waals surface area contributed by atoms with E-state index in [1.165, 1.54) is 0 Å². The maximum Gasteiger partial charge on any atom is 0.230 e. The van der Waals surface area contributed by atoms with Crippen molar-refractivity contribution in [2.45, 2.75) is 31.7 Å². The monoisotopic (exact) mass is 392 g/mol. The first-order valence-electron chi connectivity index (χ1n) is 9.92. The van der Waals surface area contributed by atoms with Gasteiger partial charge in [0.2, 0.25) is 11.8 Å². The highest BCUT2D eigenvalue weighted by Crippen LogP contribution is 2.52.